The number of hydrogen-bond donors (Lipinski definition) is 1. The first-order valence-corrected chi connectivity index (χ1v) is 11.6. The Bertz CT molecular complexity index is 1580. The zero-order chi connectivity index (χ0) is 24.6. The van der Waals surface area contributed by atoms with Crippen LogP contribution in [0.3, 0.4) is 0 Å². The quantitative estimate of drug-likeness (QED) is 0.419. The molecular formula is C28H27N5O2. The summed E-state index contributed by atoms with van der Waals surface area (Å²) in [6.45, 7) is 7.29. The molecule has 0 aliphatic rings. The van der Waals surface area contributed by atoms with E-state index in [2.05, 4.69) is 60.4 Å². The number of benzene rings is 2. The maximum absolute atomic E-state index is 13.4. The number of aromatic nitrogens is 4. The molecule has 5 rings (SSSR count). The van der Waals surface area contributed by atoms with Gasteiger partial charge in [-0.25, -0.2) is 4.52 Å². The van der Waals surface area contributed by atoms with Crippen LogP contribution in [0.1, 0.15) is 47.8 Å². The molecule has 3 heterocycles. The van der Waals surface area contributed by atoms with Crippen LogP contribution in [-0.4, -0.2) is 25.1 Å². The smallest absolute Gasteiger partial charge is 0.277 e. The molecule has 0 aliphatic heterocycles. The fourth-order valence-electron chi connectivity index (χ4n) is 4.20. The molecule has 0 saturated carbocycles. The normalized spacial score (nSPS) is 11.7. The van der Waals surface area contributed by atoms with Gasteiger partial charge in [-0.2, -0.15) is 5.10 Å². The van der Waals surface area contributed by atoms with Gasteiger partial charge in [0.25, 0.3) is 11.5 Å². The van der Waals surface area contributed by atoms with Crippen molar-refractivity contribution < 1.29 is 4.79 Å². The minimum atomic E-state index is -0.218. The van der Waals surface area contributed by atoms with Crippen molar-refractivity contribution in [3.05, 3.63) is 112 Å². The van der Waals surface area contributed by atoms with Gasteiger partial charge >= 0.3 is 0 Å². The summed E-state index contributed by atoms with van der Waals surface area (Å²) in [5.41, 5.74) is 5.45. The van der Waals surface area contributed by atoms with Gasteiger partial charge in [0, 0.05) is 24.5 Å². The Hall–Kier alpha value is -4.26. The SMILES string of the molecule is CC(C)(C)c1ccc(Cn2c(=O)c3ccnn3c3ccc(C(=O)NCc4cccnc4)cc32)cc1. The topological polar surface area (TPSA) is 81.3 Å². The lowest BCUT2D eigenvalue weighted by atomic mass is 9.87. The minimum Gasteiger partial charge on any atom is -0.348 e. The number of fused-ring (bicyclic) bond motifs is 3. The van der Waals surface area contributed by atoms with E-state index in [0.717, 1.165) is 16.6 Å². The fourth-order valence-corrected chi connectivity index (χ4v) is 4.20. The third-order valence-electron chi connectivity index (χ3n) is 6.20. The number of amides is 1. The summed E-state index contributed by atoms with van der Waals surface area (Å²) < 4.78 is 3.35. The van der Waals surface area contributed by atoms with Gasteiger partial charge in [0.05, 0.1) is 23.8 Å². The molecule has 176 valence electrons. The Morgan fingerprint density at radius 2 is 1.71 bits per heavy atom. The predicted octanol–water partition coefficient (Wildman–Crippen LogP) is 4.32. The molecule has 0 fully saturated rings. The van der Waals surface area contributed by atoms with Crippen molar-refractivity contribution in [2.24, 2.45) is 0 Å². The lowest BCUT2D eigenvalue weighted by Crippen LogP contribution is -2.25. The number of carbonyl (C=O) groups is 1. The van der Waals surface area contributed by atoms with E-state index in [-0.39, 0.29) is 16.9 Å². The largest absolute Gasteiger partial charge is 0.348 e. The molecule has 0 saturated heterocycles. The van der Waals surface area contributed by atoms with Crippen molar-refractivity contribution in [3.8, 4) is 0 Å². The number of pyridine rings is 1. The Morgan fingerprint density at radius 3 is 2.43 bits per heavy atom. The Morgan fingerprint density at radius 1 is 0.914 bits per heavy atom. The van der Waals surface area contributed by atoms with E-state index in [1.54, 1.807) is 45.9 Å². The molecular weight excluding hydrogens is 438 g/mol. The standard InChI is InChI=1S/C28H27N5O2/c1-28(2,3)22-9-6-19(7-10-22)18-32-25-15-21(26(34)30-17-20-5-4-13-29-16-20)8-11-23(25)33-24(27(32)35)12-14-31-33/h4-16H,17-18H2,1-3H3,(H,30,34). The van der Waals surface area contributed by atoms with E-state index in [4.69, 9.17) is 0 Å². The summed E-state index contributed by atoms with van der Waals surface area (Å²) in [5.74, 6) is -0.218. The highest BCUT2D eigenvalue weighted by Crippen LogP contribution is 2.23. The molecule has 0 unspecified atom stereocenters. The second-order valence-corrected chi connectivity index (χ2v) is 9.71. The maximum atomic E-state index is 13.4. The van der Waals surface area contributed by atoms with Gasteiger partial charge < -0.3 is 9.88 Å². The molecule has 3 aromatic heterocycles. The number of nitrogens with zero attached hydrogens (tertiary/aromatic N) is 4. The molecule has 0 spiro atoms. The summed E-state index contributed by atoms with van der Waals surface area (Å²) in [7, 11) is 0. The third kappa shape index (κ3) is 4.45. The van der Waals surface area contributed by atoms with Crippen molar-refractivity contribution in [3.63, 3.8) is 0 Å². The van der Waals surface area contributed by atoms with E-state index in [1.165, 1.54) is 5.56 Å². The van der Waals surface area contributed by atoms with Crippen LogP contribution in [0, 0.1) is 0 Å². The second-order valence-electron chi connectivity index (χ2n) is 9.71. The first-order valence-electron chi connectivity index (χ1n) is 11.6. The summed E-state index contributed by atoms with van der Waals surface area (Å²) >= 11 is 0. The zero-order valence-corrected chi connectivity index (χ0v) is 20.0. The monoisotopic (exact) mass is 465 g/mol. The number of carbonyl (C=O) groups excluding carboxylic acids is 1. The fraction of sp³-hybridized carbons (Fsp3) is 0.214. The van der Waals surface area contributed by atoms with Crippen LogP contribution in [-0.2, 0) is 18.5 Å². The molecule has 5 aromatic rings. The predicted molar refractivity (Wildman–Crippen MR) is 137 cm³/mol. The average Bonchev–Trinajstić information content (AvgIpc) is 3.36. The van der Waals surface area contributed by atoms with Gasteiger partial charge in [0.15, 0.2) is 0 Å². The Balaban J connectivity index is 1.54. The van der Waals surface area contributed by atoms with E-state index in [0.29, 0.717) is 29.7 Å². The van der Waals surface area contributed by atoms with Crippen LogP contribution in [0.4, 0.5) is 0 Å². The van der Waals surface area contributed by atoms with Gasteiger partial charge in [-0.1, -0.05) is 51.1 Å². The van der Waals surface area contributed by atoms with Crippen LogP contribution >= 0.6 is 0 Å². The molecule has 7 nitrogen and oxygen atoms in total. The van der Waals surface area contributed by atoms with Gasteiger partial charge in [-0.3, -0.25) is 14.6 Å². The van der Waals surface area contributed by atoms with Crippen LogP contribution in [0.25, 0.3) is 16.6 Å². The Labute approximate surface area is 203 Å². The summed E-state index contributed by atoms with van der Waals surface area (Å²) in [6.07, 6.45) is 5.03. The lowest BCUT2D eigenvalue weighted by Gasteiger charge is -2.19. The highest BCUT2D eigenvalue weighted by molar-refractivity contribution is 5.97. The highest BCUT2D eigenvalue weighted by atomic mass is 16.1. The van der Waals surface area contributed by atoms with Gasteiger partial charge in [-0.15, -0.1) is 0 Å². The van der Waals surface area contributed by atoms with Gasteiger partial charge in [0.1, 0.15) is 5.52 Å². The molecule has 1 N–H and O–H groups in total. The molecule has 1 amide bonds. The first kappa shape index (κ1) is 22.5. The van der Waals surface area contributed by atoms with Crippen molar-refractivity contribution >= 4 is 22.5 Å². The van der Waals surface area contributed by atoms with Crippen LogP contribution in [0.2, 0.25) is 0 Å². The molecule has 7 heteroatoms. The minimum absolute atomic E-state index is 0.0522. The van der Waals surface area contributed by atoms with Crippen molar-refractivity contribution in [1.82, 2.24) is 24.5 Å². The Kier molecular flexibility index (Phi) is 5.68. The number of rotatable bonds is 5. The van der Waals surface area contributed by atoms with Crippen LogP contribution in [0.15, 0.2) is 84.0 Å². The summed E-state index contributed by atoms with van der Waals surface area (Å²) in [5, 5.41) is 7.27. The van der Waals surface area contributed by atoms with Crippen LogP contribution in [0.5, 0.6) is 0 Å². The van der Waals surface area contributed by atoms with E-state index in [9.17, 15) is 9.59 Å². The molecule has 2 aromatic carbocycles. The van der Waals surface area contributed by atoms with Crippen molar-refractivity contribution in [2.45, 2.75) is 39.3 Å². The van der Waals surface area contributed by atoms with Gasteiger partial charge in [-0.05, 0) is 52.4 Å². The van der Waals surface area contributed by atoms with Crippen LogP contribution < -0.4 is 10.9 Å². The van der Waals surface area contributed by atoms with Gasteiger partial charge in [0.2, 0.25) is 0 Å². The van der Waals surface area contributed by atoms with E-state index < -0.39 is 0 Å². The number of hydrogen-bond acceptors (Lipinski definition) is 4. The molecule has 0 atom stereocenters. The third-order valence-corrected chi connectivity index (χ3v) is 6.20. The number of nitrogens with one attached hydrogen (secondary N) is 1. The molecule has 35 heavy (non-hydrogen) atoms. The maximum Gasteiger partial charge on any atom is 0.277 e. The zero-order valence-electron chi connectivity index (χ0n) is 20.0. The molecule has 0 aliphatic carbocycles. The van der Waals surface area contributed by atoms with Crippen molar-refractivity contribution in [2.75, 3.05) is 0 Å². The molecule has 0 bridgehead atoms. The summed E-state index contributed by atoms with van der Waals surface area (Å²) in [6, 6.07) is 19.2. The lowest BCUT2D eigenvalue weighted by molar-refractivity contribution is 0.0951. The summed E-state index contributed by atoms with van der Waals surface area (Å²) in [4.78, 5) is 30.4. The average molecular weight is 466 g/mol. The second kappa shape index (κ2) is 8.83. The van der Waals surface area contributed by atoms with E-state index >= 15 is 0 Å². The van der Waals surface area contributed by atoms with Crippen molar-refractivity contribution in [1.29, 1.82) is 0 Å². The first-order chi connectivity index (χ1) is 16.8. The highest BCUT2D eigenvalue weighted by Gasteiger charge is 2.16. The molecule has 0 radical (unpaired) electrons. The van der Waals surface area contributed by atoms with E-state index in [1.807, 2.05) is 18.2 Å².